The van der Waals surface area contributed by atoms with Crippen molar-refractivity contribution in [3.05, 3.63) is 46.8 Å². The number of nitrogens with zero attached hydrogens (tertiary/aromatic N) is 2. The minimum Gasteiger partial charge on any atom is -0.593 e. The summed E-state index contributed by atoms with van der Waals surface area (Å²) < 4.78 is 1.79. The minimum atomic E-state index is 0.672. The first-order valence-corrected chi connectivity index (χ1v) is 5.65. The minimum absolute atomic E-state index is 0.672. The van der Waals surface area contributed by atoms with Crippen molar-refractivity contribution in [1.82, 2.24) is 9.78 Å². The van der Waals surface area contributed by atoms with Gasteiger partial charge < -0.3 is 5.11 Å². The molecule has 0 atom stereocenters. The predicted molar refractivity (Wildman–Crippen MR) is 71.7 cm³/mol. The van der Waals surface area contributed by atoms with E-state index in [1.165, 1.54) is 11.1 Å². The van der Waals surface area contributed by atoms with Gasteiger partial charge in [0.2, 0.25) is 0 Å². The zero-order valence-corrected chi connectivity index (χ0v) is 11.2. The third-order valence-corrected chi connectivity index (χ3v) is 2.51. The zero-order valence-electron chi connectivity index (χ0n) is 11.2. The average Bonchev–Trinajstić information content (AvgIpc) is 2.60. The van der Waals surface area contributed by atoms with Crippen molar-refractivity contribution in [3.8, 4) is 5.75 Å². The summed E-state index contributed by atoms with van der Waals surface area (Å²) in [5.41, 5.74) is 4.59. The SMILES string of the molecule is Cc1cc(C)c([OH2+])c(C)c1.Cc1cnn(C)c1. The van der Waals surface area contributed by atoms with Crippen LogP contribution in [-0.2, 0) is 7.05 Å². The third-order valence-electron chi connectivity index (χ3n) is 2.51. The van der Waals surface area contributed by atoms with Gasteiger partial charge in [0.1, 0.15) is 0 Å². The van der Waals surface area contributed by atoms with Crippen LogP contribution in [0.4, 0.5) is 0 Å². The molecule has 0 saturated carbocycles. The van der Waals surface area contributed by atoms with Gasteiger partial charge in [-0.1, -0.05) is 0 Å². The van der Waals surface area contributed by atoms with E-state index in [1.54, 1.807) is 4.68 Å². The number of aromatic nitrogens is 2. The molecule has 3 nitrogen and oxygen atoms in total. The van der Waals surface area contributed by atoms with Crippen molar-refractivity contribution in [2.24, 2.45) is 7.05 Å². The van der Waals surface area contributed by atoms with Crippen LogP contribution in [0.25, 0.3) is 0 Å². The summed E-state index contributed by atoms with van der Waals surface area (Å²) in [4.78, 5) is 0. The van der Waals surface area contributed by atoms with Crippen LogP contribution >= 0.6 is 0 Å². The van der Waals surface area contributed by atoms with Gasteiger partial charge in [0.25, 0.3) is 5.75 Å². The molecule has 0 bridgehead atoms. The van der Waals surface area contributed by atoms with Crippen molar-refractivity contribution in [3.63, 3.8) is 0 Å². The van der Waals surface area contributed by atoms with E-state index < -0.39 is 0 Å². The summed E-state index contributed by atoms with van der Waals surface area (Å²) in [5.74, 6) is 0.672. The van der Waals surface area contributed by atoms with Crippen LogP contribution in [0.15, 0.2) is 24.5 Å². The van der Waals surface area contributed by atoms with Crippen molar-refractivity contribution >= 4 is 0 Å². The van der Waals surface area contributed by atoms with Crippen LogP contribution in [0.2, 0.25) is 0 Å². The second-order valence-electron chi connectivity index (χ2n) is 4.47. The van der Waals surface area contributed by atoms with E-state index >= 15 is 0 Å². The molecule has 0 saturated heterocycles. The molecule has 0 radical (unpaired) electrons. The Morgan fingerprint density at radius 2 is 1.53 bits per heavy atom. The van der Waals surface area contributed by atoms with Crippen molar-refractivity contribution in [2.45, 2.75) is 27.7 Å². The summed E-state index contributed by atoms with van der Waals surface area (Å²) in [6.45, 7) is 8.02. The molecule has 1 heterocycles. The lowest BCUT2D eigenvalue weighted by molar-refractivity contribution is 0.466. The summed E-state index contributed by atoms with van der Waals surface area (Å²) >= 11 is 0. The smallest absolute Gasteiger partial charge is 0.259 e. The zero-order chi connectivity index (χ0) is 13.0. The van der Waals surface area contributed by atoms with E-state index in [4.69, 9.17) is 5.11 Å². The molecule has 0 aliphatic carbocycles. The molecule has 92 valence electrons. The van der Waals surface area contributed by atoms with E-state index in [1.807, 2.05) is 52.3 Å². The predicted octanol–water partition coefficient (Wildman–Crippen LogP) is 2.78. The third kappa shape index (κ3) is 3.94. The second-order valence-corrected chi connectivity index (χ2v) is 4.47. The monoisotopic (exact) mass is 233 g/mol. The molecule has 0 amide bonds. The maximum atomic E-state index is 7.54. The Balaban J connectivity index is 0.000000181. The molecule has 0 spiro atoms. The van der Waals surface area contributed by atoms with Crippen LogP contribution in [0, 0.1) is 27.7 Å². The van der Waals surface area contributed by atoms with Gasteiger partial charge >= 0.3 is 0 Å². The highest BCUT2D eigenvalue weighted by Gasteiger charge is 2.03. The Bertz CT molecular complexity index is 461. The summed E-state index contributed by atoms with van der Waals surface area (Å²) in [5, 5.41) is 11.5. The molecule has 3 heteroatoms. The molecule has 17 heavy (non-hydrogen) atoms. The Morgan fingerprint density at radius 3 is 1.82 bits per heavy atom. The number of hydrogen-bond acceptors (Lipinski definition) is 1. The van der Waals surface area contributed by atoms with Gasteiger partial charge in [-0.05, 0) is 51.0 Å². The van der Waals surface area contributed by atoms with Crippen LogP contribution < -0.4 is 0 Å². The number of aryl methyl sites for hydroxylation is 5. The molecule has 0 aliphatic heterocycles. The van der Waals surface area contributed by atoms with Crippen LogP contribution in [0.3, 0.4) is 0 Å². The molecule has 2 aromatic rings. The fourth-order valence-corrected chi connectivity index (χ4v) is 1.72. The Morgan fingerprint density at radius 1 is 1.00 bits per heavy atom. The molecule has 1 aromatic heterocycles. The van der Waals surface area contributed by atoms with E-state index in [2.05, 4.69) is 12.0 Å². The van der Waals surface area contributed by atoms with Crippen molar-refractivity contribution in [2.75, 3.05) is 0 Å². The fourth-order valence-electron chi connectivity index (χ4n) is 1.72. The highest BCUT2D eigenvalue weighted by molar-refractivity contribution is 5.41. The molecule has 2 N–H and O–H groups in total. The summed E-state index contributed by atoms with van der Waals surface area (Å²) in [6, 6.07) is 4.07. The summed E-state index contributed by atoms with van der Waals surface area (Å²) in [6.07, 6.45) is 3.81. The second kappa shape index (κ2) is 5.53. The number of rotatable bonds is 0. The van der Waals surface area contributed by atoms with Crippen LogP contribution in [0.1, 0.15) is 22.3 Å². The van der Waals surface area contributed by atoms with Gasteiger partial charge in [-0.2, -0.15) is 5.10 Å². The normalized spacial score (nSPS) is 9.71. The highest BCUT2D eigenvalue weighted by atomic mass is 16.3. The first-order chi connectivity index (χ1) is 7.90. The average molecular weight is 233 g/mol. The number of hydrogen-bond donors (Lipinski definition) is 0. The van der Waals surface area contributed by atoms with Gasteiger partial charge in [0.15, 0.2) is 0 Å². The Hall–Kier alpha value is -1.77. The summed E-state index contributed by atoms with van der Waals surface area (Å²) in [7, 11) is 1.91. The lowest BCUT2D eigenvalue weighted by Crippen LogP contribution is -1.83. The topological polar surface area (TPSA) is 40.7 Å². The standard InChI is InChI=1S/C9H12O.C5H8N2/c1-6-4-7(2)9(10)8(3)5-6;1-5-3-6-7(2)4-5/h4-5,10H,1-3H3;3-4H,1-2H3/p+1. The van der Waals surface area contributed by atoms with E-state index in [0.717, 1.165) is 11.1 Å². The Labute approximate surface area is 103 Å². The van der Waals surface area contributed by atoms with Gasteiger partial charge in [0.05, 0.1) is 6.20 Å². The molecule has 0 aliphatic rings. The maximum Gasteiger partial charge on any atom is 0.259 e. The van der Waals surface area contributed by atoms with E-state index in [0.29, 0.717) is 5.75 Å². The van der Waals surface area contributed by atoms with Crippen LogP contribution in [0.5, 0.6) is 5.75 Å². The van der Waals surface area contributed by atoms with Gasteiger partial charge in [-0.15, -0.1) is 0 Å². The van der Waals surface area contributed by atoms with Crippen molar-refractivity contribution in [1.29, 1.82) is 0 Å². The molecule has 0 unspecified atom stereocenters. The van der Waals surface area contributed by atoms with Gasteiger partial charge in [-0.3, -0.25) is 4.68 Å². The molecular weight excluding hydrogens is 212 g/mol. The fraction of sp³-hybridized carbons (Fsp3) is 0.357. The van der Waals surface area contributed by atoms with Crippen molar-refractivity contribution < 1.29 is 5.11 Å². The first-order valence-electron chi connectivity index (χ1n) is 5.65. The highest BCUT2D eigenvalue weighted by Crippen LogP contribution is 2.21. The first kappa shape index (κ1) is 13.3. The molecule has 0 fully saturated rings. The quantitative estimate of drug-likeness (QED) is 0.645. The molecule has 2 rings (SSSR count). The lowest BCUT2D eigenvalue weighted by atomic mass is 10.1. The maximum absolute atomic E-state index is 7.54. The largest absolute Gasteiger partial charge is 0.593 e. The van der Waals surface area contributed by atoms with E-state index in [-0.39, 0.29) is 0 Å². The lowest BCUT2D eigenvalue weighted by Gasteiger charge is -1.99. The molecular formula is C14H21N2O+. The number of benzene rings is 1. The molecule has 1 aromatic carbocycles. The van der Waals surface area contributed by atoms with Crippen LogP contribution in [-0.4, -0.2) is 14.9 Å². The van der Waals surface area contributed by atoms with E-state index in [9.17, 15) is 0 Å². The Kier molecular flexibility index (Phi) is 4.32. The van der Waals surface area contributed by atoms with Gasteiger partial charge in [-0.25, -0.2) is 0 Å². The van der Waals surface area contributed by atoms with Gasteiger partial charge in [0, 0.05) is 24.4 Å².